The Bertz CT molecular complexity index is 684. The molecule has 8 heteroatoms. The fourth-order valence-corrected chi connectivity index (χ4v) is 3.79. The molecule has 1 amide bonds. The Labute approximate surface area is 193 Å². The third kappa shape index (κ3) is 8.47. The van der Waals surface area contributed by atoms with E-state index < -0.39 is 18.4 Å². The third-order valence-corrected chi connectivity index (χ3v) is 5.67. The molecule has 1 saturated carbocycles. The van der Waals surface area contributed by atoms with Crippen molar-refractivity contribution in [1.82, 2.24) is 5.01 Å². The van der Waals surface area contributed by atoms with E-state index in [2.05, 4.69) is 5.10 Å². The summed E-state index contributed by atoms with van der Waals surface area (Å²) in [6, 6.07) is 8.87. The zero-order valence-corrected chi connectivity index (χ0v) is 19.4. The molecule has 1 aromatic rings. The van der Waals surface area contributed by atoms with Gasteiger partial charge in [-0.05, 0) is 18.8 Å². The number of thioether (sulfide) groups is 1. The first-order valence-electron chi connectivity index (χ1n) is 9.27. The van der Waals surface area contributed by atoms with Gasteiger partial charge in [0, 0.05) is 23.4 Å². The maximum atomic E-state index is 12.6. The first-order chi connectivity index (χ1) is 13.0. The minimum atomic E-state index is -1.11. The van der Waals surface area contributed by atoms with Crippen molar-refractivity contribution in [2.75, 3.05) is 12.3 Å². The summed E-state index contributed by atoms with van der Waals surface area (Å²) in [5.74, 6) is -1.42. The van der Waals surface area contributed by atoms with Crippen molar-refractivity contribution in [1.29, 1.82) is 0 Å². The van der Waals surface area contributed by atoms with Crippen LogP contribution in [0.2, 0.25) is 0 Å². The van der Waals surface area contributed by atoms with Crippen LogP contribution in [0.3, 0.4) is 0 Å². The number of rotatable bonds is 8. The van der Waals surface area contributed by atoms with E-state index in [-0.39, 0.29) is 47.8 Å². The smallest absolute Gasteiger partial charge is 1.00 e. The Morgan fingerprint density at radius 2 is 1.89 bits per heavy atom. The molecule has 1 unspecified atom stereocenters. The number of hydrogen-bond acceptors (Lipinski definition) is 5. The van der Waals surface area contributed by atoms with E-state index in [0.29, 0.717) is 11.5 Å². The molecular formula is C20H27N2NaO4S. The van der Waals surface area contributed by atoms with Crippen molar-refractivity contribution in [2.24, 2.45) is 16.9 Å². The molecule has 0 aromatic heterocycles. The number of hydrazone groups is 1. The minimum absolute atomic E-state index is 0. The van der Waals surface area contributed by atoms with Crippen LogP contribution >= 0.6 is 11.8 Å². The van der Waals surface area contributed by atoms with Crippen molar-refractivity contribution in [3.8, 4) is 0 Å². The standard InChI is InChI=1S/C20H26N2O4S.Na.H/c1-15(14-27-20(26)17-10-6-3-7-11-17)19(25)22(13-18(23)24)21-12-16-8-4-2-5-9-16;;/h3,6-7,10-12,15-16H,2,4-5,8-9,13-14H2,1H3,(H,23,24);;/q;+1;-1. The second-order valence-electron chi connectivity index (χ2n) is 6.82. The van der Waals surface area contributed by atoms with Crippen LogP contribution in [0, 0.1) is 11.8 Å². The molecule has 2 rings (SSSR count). The maximum Gasteiger partial charge on any atom is 1.00 e. The number of benzene rings is 1. The molecule has 148 valence electrons. The molecule has 0 heterocycles. The van der Waals surface area contributed by atoms with Crippen molar-refractivity contribution < 1.29 is 50.5 Å². The molecule has 1 aliphatic rings. The predicted octanol–water partition coefficient (Wildman–Crippen LogP) is 0.792. The van der Waals surface area contributed by atoms with Crippen molar-refractivity contribution >= 4 is 35.0 Å². The molecule has 0 radical (unpaired) electrons. The Morgan fingerprint density at radius 1 is 1.25 bits per heavy atom. The van der Waals surface area contributed by atoms with Gasteiger partial charge in [-0.1, -0.05) is 68.3 Å². The van der Waals surface area contributed by atoms with E-state index in [1.807, 2.05) is 6.07 Å². The van der Waals surface area contributed by atoms with Gasteiger partial charge in [0.25, 0.3) is 0 Å². The number of carbonyl (C=O) groups excluding carboxylic acids is 2. The average Bonchev–Trinajstić information content (AvgIpc) is 2.69. The van der Waals surface area contributed by atoms with Crippen LogP contribution in [0.1, 0.15) is 50.8 Å². The van der Waals surface area contributed by atoms with Crippen molar-refractivity contribution in [3.63, 3.8) is 0 Å². The number of carboxylic acid groups (broad SMARTS) is 1. The van der Waals surface area contributed by atoms with Crippen LogP contribution in [-0.2, 0) is 9.59 Å². The van der Waals surface area contributed by atoms with Gasteiger partial charge in [-0.3, -0.25) is 14.4 Å². The van der Waals surface area contributed by atoms with Crippen LogP contribution in [0.5, 0.6) is 0 Å². The van der Waals surface area contributed by atoms with Crippen molar-refractivity contribution in [3.05, 3.63) is 35.9 Å². The van der Waals surface area contributed by atoms with E-state index in [9.17, 15) is 14.4 Å². The van der Waals surface area contributed by atoms with E-state index in [1.165, 1.54) is 6.42 Å². The summed E-state index contributed by atoms with van der Waals surface area (Å²) in [5.41, 5.74) is 0.583. The predicted molar refractivity (Wildman–Crippen MR) is 108 cm³/mol. The van der Waals surface area contributed by atoms with Crippen molar-refractivity contribution in [2.45, 2.75) is 39.0 Å². The first-order valence-corrected chi connectivity index (χ1v) is 10.3. The summed E-state index contributed by atoms with van der Waals surface area (Å²) in [6.45, 7) is 1.22. The maximum absolute atomic E-state index is 12.6. The second kappa shape index (κ2) is 13.1. The zero-order chi connectivity index (χ0) is 19.6. The van der Waals surface area contributed by atoms with Gasteiger partial charge in [0.2, 0.25) is 11.0 Å². The van der Waals surface area contributed by atoms with Crippen LogP contribution in [-0.4, -0.2) is 45.6 Å². The molecule has 28 heavy (non-hydrogen) atoms. The van der Waals surface area contributed by atoms with E-state index in [4.69, 9.17) is 5.11 Å². The molecule has 1 N–H and O–H groups in total. The van der Waals surface area contributed by atoms with Gasteiger partial charge in [0.05, 0.1) is 0 Å². The number of nitrogens with zero attached hydrogens (tertiary/aromatic N) is 2. The number of amides is 1. The number of carboxylic acids is 1. The van der Waals surface area contributed by atoms with Gasteiger partial charge in [0.1, 0.15) is 6.54 Å². The Kier molecular flexibility index (Phi) is 11.7. The monoisotopic (exact) mass is 414 g/mol. The molecular weight excluding hydrogens is 387 g/mol. The Morgan fingerprint density at radius 3 is 2.50 bits per heavy atom. The van der Waals surface area contributed by atoms with E-state index >= 15 is 0 Å². The molecule has 0 aliphatic heterocycles. The van der Waals surface area contributed by atoms with Gasteiger partial charge in [0.15, 0.2) is 0 Å². The minimum Gasteiger partial charge on any atom is -1.00 e. The molecule has 0 spiro atoms. The number of carbonyl (C=O) groups is 3. The molecule has 0 bridgehead atoms. The van der Waals surface area contributed by atoms with Gasteiger partial charge in [-0.2, -0.15) is 5.10 Å². The van der Waals surface area contributed by atoms with Crippen LogP contribution in [0.4, 0.5) is 0 Å². The third-order valence-electron chi connectivity index (χ3n) is 4.50. The number of aliphatic carboxylic acids is 1. The Balaban J connectivity index is 0.00000392. The summed E-state index contributed by atoms with van der Waals surface area (Å²) in [4.78, 5) is 35.9. The summed E-state index contributed by atoms with van der Waals surface area (Å²) in [6.07, 6.45) is 7.25. The molecule has 1 fully saturated rings. The van der Waals surface area contributed by atoms with Gasteiger partial charge in [-0.25, -0.2) is 5.01 Å². The second-order valence-corrected chi connectivity index (χ2v) is 7.81. The fraction of sp³-hybridized carbons (Fsp3) is 0.500. The molecule has 1 atom stereocenters. The molecule has 0 saturated heterocycles. The summed E-state index contributed by atoms with van der Waals surface area (Å²) >= 11 is 1.06. The molecule has 1 aromatic carbocycles. The molecule has 6 nitrogen and oxygen atoms in total. The first kappa shape index (κ1) is 24.9. The van der Waals surface area contributed by atoms with E-state index in [1.54, 1.807) is 37.4 Å². The normalized spacial score (nSPS) is 15.6. The number of hydrogen-bond donors (Lipinski definition) is 1. The fourth-order valence-electron chi connectivity index (χ4n) is 2.95. The van der Waals surface area contributed by atoms with Crippen LogP contribution < -0.4 is 29.6 Å². The van der Waals surface area contributed by atoms with Crippen LogP contribution in [0.25, 0.3) is 0 Å². The van der Waals surface area contributed by atoms with E-state index in [0.717, 1.165) is 42.5 Å². The molecule has 1 aliphatic carbocycles. The summed E-state index contributed by atoms with van der Waals surface area (Å²) in [5, 5.41) is 14.2. The zero-order valence-electron chi connectivity index (χ0n) is 17.5. The topological polar surface area (TPSA) is 87.0 Å². The SMILES string of the molecule is CC(CSC(=O)c1ccccc1)C(=O)N(CC(=O)O)N=CC1CCCCC1.[H-].[Na+]. The van der Waals surface area contributed by atoms with Crippen LogP contribution in [0.15, 0.2) is 35.4 Å². The largest absolute Gasteiger partial charge is 1.00 e. The van der Waals surface area contributed by atoms with Gasteiger partial charge < -0.3 is 6.53 Å². The summed E-state index contributed by atoms with van der Waals surface area (Å²) in [7, 11) is 0. The average molecular weight is 415 g/mol. The summed E-state index contributed by atoms with van der Waals surface area (Å²) < 4.78 is 0. The van der Waals surface area contributed by atoms with Gasteiger partial charge in [-0.15, -0.1) is 0 Å². The quantitative estimate of drug-likeness (QED) is 0.386. The Hall–Kier alpha value is -1.15. The van der Waals surface area contributed by atoms with Gasteiger partial charge >= 0.3 is 35.5 Å².